The maximum Gasteiger partial charge on any atom is 0.254 e. The molecule has 3 aromatic carbocycles. The Balaban J connectivity index is 1.63. The number of rotatable bonds is 9. The first-order chi connectivity index (χ1) is 18.9. The Morgan fingerprint density at radius 2 is 1.67 bits per heavy atom. The Bertz CT molecular complexity index is 1450. The van der Waals surface area contributed by atoms with E-state index in [-0.39, 0.29) is 17.6 Å². The molecule has 2 amide bonds. The van der Waals surface area contributed by atoms with Crippen molar-refractivity contribution < 1.29 is 14.3 Å². The molecule has 3 aromatic rings. The zero-order chi connectivity index (χ0) is 27.8. The van der Waals surface area contributed by atoms with Crippen molar-refractivity contribution in [1.82, 2.24) is 5.32 Å². The summed E-state index contributed by atoms with van der Waals surface area (Å²) in [6.07, 6.45) is 0. The molecule has 0 spiro atoms. The highest BCUT2D eigenvalue weighted by Gasteiger charge is 2.35. The second kappa shape index (κ2) is 13.2. The third-order valence-corrected chi connectivity index (χ3v) is 7.47. The van der Waals surface area contributed by atoms with E-state index in [2.05, 4.69) is 37.9 Å². The number of allylic oxidation sites excluding steroid dienone is 2. The van der Waals surface area contributed by atoms with Crippen LogP contribution in [0.2, 0.25) is 0 Å². The van der Waals surface area contributed by atoms with E-state index in [1.165, 1.54) is 11.8 Å². The lowest BCUT2D eigenvalue weighted by atomic mass is 9.82. The summed E-state index contributed by atoms with van der Waals surface area (Å²) in [7, 11) is 0. The van der Waals surface area contributed by atoms with Crippen LogP contribution in [0, 0.1) is 11.3 Å². The smallest absolute Gasteiger partial charge is 0.254 e. The van der Waals surface area contributed by atoms with E-state index < -0.39 is 5.92 Å². The number of amides is 2. The molecule has 0 fully saturated rings. The number of anilines is 2. The number of halogens is 1. The molecule has 0 saturated carbocycles. The number of hydrogen-bond donors (Lipinski definition) is 3. The van der Waals surface area contributed by atoms with Gasteiger partial charge in [-0.2, -0.15) is 5.26 Å². The maximum absolute atomic E-state index is 13.6. The first-order valence-corrected chi connectivity index (χ1v) is 14.1. The van der Waals surface area contributed by atoms with Gasteiger partial charge in [0.2, 0.25) is 5.91 Å². The van der Waals surface area contributed by atoms with Crippen LogP contribution in [0.3, 0.4) is 0 Å². The number of benzene rings is 3. The van der Waals surface area contributed by atoms with Gasteiger partial charge in [0.1, 0.15) is 5.75 Å². The van der Waals surface area contributed by atoms with Gasteiger partial charge in [-0.25, -0.2) is 0 Å². The summed E-state index contributed by atoms with van der Waals surface area (Å²) in [6.45, 7) is 4.24. The quantitative estimate of drug-likeness (QED) is 0.256. The fourth-order valence-electron chi connectivity index (χ4n) is 4.17. The molecule has 1 aliphatic heterocycles. The first kappa shape index (κ1) is 28.0. The highest BCUT2D eigenvalue weighted by atomic mass is 79.9. The third kappa shape index (κ3) is 7.11. The highest BCUT2D eigenvalue weighted by Crippen LogP contribution is 2.41. The van der Waals surface area contributed by atoms with Crippen molar-refractivity contribution in [3.8, 4) is 11.8 Å². The van der Waals surface area contributed by atoms with Crippen LogP contribution in [0.15, 0.2) is 105 Å². The average molecular weight is 604 g/mol. The molecule has 39 heavy (non-hydrogen) atoms. The summed E-state index contributed by atoms with van der Waals surface area (Å²) in [6, 6.07) is 26.2. The van der Waals surface area contributed by atoms with E-state index in [4.69, 9.17) is 4.74 Å². The minimum Gasteiger partial charge on any atom is -0.494 e. The van der Waals surface area contributed by atoms with Gasteiger partial charge in [-0.15, -0.1) is 0 Å². The van der Waals surface area contributed by atoms with Gasteiger partial charge in [0.25, 0.3) is 5.91 Å². The predicted molar refractivity (Wildman–Crippen MR) is 159 cm³/mol. The summed E-state index contributed by atoms with van der Waals surface area (Å²) >= 11 is 4.61. The molecule has 0 bridgehead atoms. The van der Waals surface area contributed by atoms with Crippen LogP contribution >= 0.6 is 27.7 Å². The lowest BCUT2D eigenvalue weighted by molar-refractivity contribution is -0.114. The van der Waals surface area contributed by atoms with Gasteiger partial charge in [-0.1, -0.05) is 58.0 Å². The minimum absolute atomic E-state index is 0.0817. The molecule has 0 aromatic heterocycles. The zero-order valence-electron chi connectivity index (χ0n) is 21.5. The van der Waals surface area contributed by atoms with Crippen molar-refractivity contribution in [2.75, 3.05) is 23.0 Å². The molecule has 7 nitrogen and oxygen atoms in total. The number of hydrogen-bond acceptors (Lipinski definition) is 6. The monoisotopic (exact) mass is 602 g/mol. The molecule has 4 rings (SSSR count). The van der Waals surface area contributed by atoms with E-state index in [0.717, 1.165) is 10.0 Å². The molecule has 0 radical (unpaired) electrons. The van der Waals surface area contributed by atoms with Gasteiger partial charge in [0, 0.05) is 27.1 Å². The van der Waals surface area contributed by atoms with Gasteiger partial charge in [0.15, 0.2) is 0 Å². The number of thioether (sulfide) groups is 1. The number of nitrogens with zero attached hydrogens (tertiary/aromatic N) is 1. The topological polar surface area (TPSA) is 103 Å². The number of nitrogens with one attached hydrogen (secondary N) is 3. The number of carbonyl (C=O) groups is 2. The summed E-state index contributed by atoms with van der Waals surface area (Å²) < 4.78 is 6.50. The second-order valence-corrected chi connectivity index (χ2v) is 10.5. The molecule has 9 heteroatoms. The molecule has 3 N–H and O–H groups in total. The second-order valence-electron chi connectivity index (χ2n) is 8.62. The molecule has 1 heterocycles. The van der Waals surface area contributed by atoms with E-state index in [9.17, 15) is 14.9 Å². The Morgan fingerprint density at radius 3 is 2.31 bits per heavy atom. The van der Waals surface area contributed by atoms with Crippen molar-refractivity contribution in [2.45, 2.75) is 19.8 Å². The minimum atomic E-state index is -0.632. The van der Waals surface area contributed by atoms with Crippen molar-refractivity contribution in [2.24, 2.45) is 0 Å². The number of carbonyl (C=O) groups excluding carboxylic acids is 2. The summed E-state index contributed by atoms with van der Waals surface area (Å²) in [5.74, 6) is -0.366. The standard InChI is InChI=1S/C30H27BrN4O3S/c1-3-38-24-15-9-20(10-16-24)28-25(17-32)30(39-18-26(36)34-23-13-11-21(31)12-14-23)33-19(2)27(28)29(37)35-22-7-5-4-6-8-22/h4-16,28,33H,3,18H2,1-2H3,(H,34,36)(H,35,37)/t28-/m0/s1. The van der Waals surface area contributed by atoms with Crippen LogP contribution in [0.1, 0.15) is 25.3 Å². The number of ether oxygens (including phenoxy) is 1. The fourth-order valence-corrected chi connectivity index (χ4v) is 5.33. The average Bonchev–Trinajstić information content (AvgIpc) is 2.94. The van der Waals surface area contributed by atoms with Gasteiger partial charge in [-0.3, -0.25) is 9.59 Å². The van der Waals surface area contributed by atoms with E-state index in [1.807, 2.05) is 73.7 Å². The van der Waals surface area contributed by atoms with Gasteiger partial charge in [-0.05, 0) is 67.9 Å². The van der Waals surface area contributed by atoms with Crippen LogP contribution in [-0.2, 0) is 9.59 Å². The molecule has 0 saturated heterocycles. The summed E-state index contributed by atoms with van der Waals surface area (Å²) in [4.78, 5) is 26.2. The van der Waals surface area contributed by atoms with Crippen LogP contribution < -0.4 is 20.7 Å². The Kier molecular flexibility index (Phi) is 9.47. The maximum atomic E-state index is 13.6. The zero-order valence-corrected chi connectivity index (χ0v) is 23.9. The fraction of sp³-hybridized carbons (Fsp3) is 0.167. The van der Waals surface area contributed by atoms with Gasteiger partial charge < -0.3 is 20.7 Å². The Morgan fingerprint density at radius 1 is 1.00 bits per heavy atom. The summed E-state index contributed by atoms with van der Waals surface area (Å²) in [5, 5.41) is 19.9. The highest BCUT2D eigenvalue weighted by molar-refractivity contribution is 9.10. The molecule has 0 unspecified atom stereocenters. The summed E-state index contributed by atoms with van der Waals surface area (Å²) in [5.41, 5.74) is 3.51. The lowest BCUT2D eigenvalue weighted by Crippen LogP contribution is -2.31. The molecular weight excluding hydrogens is 576 g/mol. The van der Waals surface area contributed by atoms with E-state index in [0.29, 0.717) is 45.6 Å². The van der Waals surface area contributed by atoms with Gasteiger partial charge in [0.05, 0.1) is 34.9 Å². The Labute approximate surface area is 240 Å². The normalized spacial score (nSPS) is 14.8. The molecule has 0 aliphatic carbocycles. The van der Waals surface area contributed by atoms with E-state index in [1.54, 1.807) is 19.1 Å². The van der Waals surface area contributed by atoms with Crippen LogP contribution in [0.4, 0.5) is 11.4 Å². The molecule has 1 atom stereocenters. The van der Waals surface area contributed by atoms with Crippen molar-refractivity contribution >= 4 is 50.9 Å². The number of nitriles is 1. The Hall–Kier alpha value is -4.00. The van der Waals surface area contributed by atoms with Gasteiger partial charge >= 0.3 is 0 Å². The predicted octanol–water partition coefficient (Wildman–Crippen LogP) is 6.55. The van der Waals surface area contributed by atoms with Crippen LogP contribution in [0.25, 0.3) is 0 Å². The van der Waals surface area contributed by atoms with Crippen molar-refractivity contribution in [3.63, 3.8) is 0 Å². The molecule has 1 aliphatic rings. The molecule has 198 valence electrons. The van der Waals surface area contributed by atoms with Crippen LogP contribution in [0.5, 0.6) is 5.75 Å². The first-order valence-electron chi connectivity index (χ1n) is 12.3. The third-order valence-electron chi connectivity index (χ3n) is 5.92. The van der Waals surface area contributed by atoms with Crippen LogP contribution in [-0.4, -0.2) is 24.2 Å². The van der Waals surface area contributed by atoms with E-state index >= 15 is 0 Å². The van der Waals surface area contributed by atoms with Crippen molar-refractivity contribution in [3.05, 3.63) is 111 Å². The largest absolute Gasteiger partial charge is 0.494 e. The lowest BCUT2D eigenvalue weighted by Gasteiger charge is -2.30. The number of para-hydroxylation sites is 1. The molecular formula is C30H27BrN4O3S. The SMILES string of the molecule is CCOc1ccc([C@H]2C(C#N)=C(SCC(=O)Nc3ccc(Br)cc3)NC(C)=C2C(=O)Nc2ccccc2)cc1. The van der Waals surface area contributed by atoms with Crippen molar-refractivity contribution in [1.29, 1.82) is 5.26 Å². The number of dihydropyridines is 1.